The third kappa shape index (κ3) is 11.9. The van der Waals surface area contributed by atoms with Crippen LogP contribution in [0.15, 0.2) is 54.6 Å². The number of rotatable bonds is 13. The zero-order chi connectivity index (χ0) is 35.7. The molecule has 10 heteroatoms. The van der Waals surface area contributed by atoms with E-state index in [1.807, 2.05) is 65.0 Å². The monoisotopic (exact) mass is 653 g/mol. The Labute approximate surface area is 280 Å². The zero-order valence-corrected chi connectivity index (χ0v) is 30.0. The summed E-state index contributed by atoms with van der Waals surface area (Å²) in [5.41, 5.74) is -1.40. The van der Waals surface area contributed by atoms with E-state index < -0.39 is 58.7 Å². The van der Waals surface area contributed by atoms with E-state index in [9.17, 15) is 24.3 Å². The lowest BCUT2D eigenvalue weighted by Crippen LogP contribution is -2.61. The van der Waals surface area contributed by atoms with E-state index in [0.29, 0.717) is 18.4 Å². The van der Waals surface area contributed by atoms with Crippen LogP contribution in [-0.2, 0) is 30.3 Å². The summed E-state index contributed by atoms with van der Waals surface area (Å²) in [7, 11) is 0. The van der Waals surface area contributed by atoms with Crippen molar-refractivity contribution in [1.29, 1.82) is 0 Å². The molecule has 3 amide bonds. The number of carbonyl (C=O) groups is 4. The minimum atomic E-state index is -1.29. The Morgan fingerprint density at radius 2 is 1.43 bits per heavy atom. The number of alkyl carbamates (subject to hydrolysis) is 1. The van der Waals surface area contributed by atoms with Gasteiger partial charge < -0.3 is 30.1 Å². The molecule has 4 unspecified atom stereocenters. The number of hydrogen-bond donors (Lipinski definition) is 3. The maximum absolute atomic E-state index is 14.8. The van der Waals surface area contributed by atoms with Crippen LogP contribution >= 0.6 is 0 Å². The Kier molecular flexibility index (Phi) is 13.4. The topological polar surface area (TPSA) is 134 Å². The van der Waals surface area contributed by atoms with Gasteiger partial charge in [0.05, 0.1) is 0 Å². The van der Waals surface area contributed by atoms with Crippen molar-refractivity contribution in [2.45, 2.75) is 130 Å². The highest BCUT2D eigenvalue weighted by molar-refractivity contribution is 5.94. The Balaban J connectivity index is 2.72. The van der Waals surface area contributed by atoms with E-state index in [1.165, 1.54) is 17.0 Å². The highest BCUT2D eigenvalue weighted by Gasteiger charge is 2.45. The highest BCUT2D eigenvalue weighted by atomic mass is 16.6. The Morgan fingerprint density at radius 3 is 1.94 bits per heavy atom. The molecule has 260 valence electrons. The van der Waals surface area contributed by atoms with Crippen LogP contribution in [0.25, 0.3) is 0 Å². The van der Waals surface area contributed by atoms with Crippen LogP contribution < -0.4 is 10.6 Å². The Morgan fingerprint density at radius 1 is 0.830 bits per heavy atom. The van der Waals surface area contributed by atoms with Crippen LogP contribution in [-0.4, -0.2) is 62.7 Å². The Bertz CT molecular complexity index is 1360. The number of phenolic OH excluding ortho intramolecular Hbond substituents is 1. The van der Waals surface area contributed by atoms with Gasteiger partial charge in [-0.25, -0.2) is 9.59 Å². The summed E-state index contributed by atoms with van der Waals surface area (Å²) in [5.74, 6) is -2.19. The lowest BCUT2D eigenvalue weighted by molar-refractivity contribution is -0.159. The maximum Gasteiger partial charge on any atom is 0.408 e. The molecule has 0 aromatic heterocycles. The predicted molar refractivity (Wildman–Crippen MR) is 183 cm³/mol. The first-order valence-corrected chi connectivity index (χ1v) is 16.4. The van der Waals surface area contributed by atoms with Crippen LogP contribution in [0.5, 0.6) is 5.75 Å². The fraction of sp³-hybridized carbons (Fsp3) is 0.568. The summed E-state index contributed by atoms with van der Waals surface area (Å²) in [4.78, 5) is 57.3. The molecule has 2 aromatic carbocycles. The lowest BCUT2D eigenvalue weighted by atomic mass is 9.89. The number of esters is 1. The molecule has 47 heavy (non-hydrogen) atoms. The molecule has 0 bridgehead atoms. The average molecular weight is 654 g/mol. The van der Waals surface area contributed by atoms with Gasteiger partial charge in [0.25, 0.3) is 0 Å². The fourth-order valence-corrected chi connectivity index (χ4v) is 4.99. The van der Waals surface area contributed by atoms with Gasteiger partial charge in [-0.15, -0.1) is 0 Å². The first kappa shape index (κ1) is 39.1. The van der Waals surface area contributed by atoms with Gasteiger partial charge in [-0.1, -0.05) is 69.7 Å². The number of ether oxygens (including phenoxy) is 2. The molecule has 0 aliphatic heterocycles. The molecular formula is C37H55N3O7. The smallest absolute Gasteiger partial charge is 0.408 e. The van der Waals surface area contributed by atoms with Gasteiger partial charge in [0.2, 0.25) is 11.8 Å². The number of hydrogen-bond acceptors (Lipinski definition) is 7. The van der Waals surface area contributed by atoms with Crippen LogP contribution in [0.1, 0.15) is 106 Å². The van der Waals surface area contributed by atoms with E-state index in [2.05, 4.69) is 10.6 Å². The number of nitrogens with zero attached hydrogens (tertiary/aromatic N) is 1. The second-order valence-corrected chi connectivity index (χ2v) is 14.7. The molecule has 0 radical (unpaired) electrons. The first-order chi connectivity index (χ1) is 21.7. The molecule has 0 heterocycles. The van der Waals surface area contributed by atoms with Gasteiger partial charge in [-0.3, -0.25) is 9.59 Å². The summed E-state index contributed by atoms with van der Waals surface area (Å²) in [6.45, 7) is 19.8. The molecule has 0 saturated carbocycles. The molecule has 3 N–H and O–H groups in total. The fourth-order valence-electron chi connectivity index (χ4n) is 4.99. The standard InChI is InChI=1S/C37H55N3O7/c1-12-24(3)29(39-34(45)47-36(7,8)9)32(43)40(37(10,11)13-2)30(26-20-17-21-27(41)23-26)31(42)38-28(33(44)46-35(4,5)6)22-25-18-15-14-16-19-25/h14-21,23-24,28-30,41H,12-13,22H2,1-11H3,(H,38,42)(H,39,45). The van der Waals surface area contributed by atoms with Crippen molar-refractivity contribution >= 4 is 23.9 Å². The Hall–Kier alpha value is -4.08. The zero-order valence-electron chi connectivity index (χ0n) is 30.0. The molecular weight excluding hydrogens is 598 g/mol. The number of carbonyl (C=O) groups excluding carboxylic acids is 4. The summed E-state index contributed by atoms with van der Waals surface area (Å²) in [5, 5.41) is 16.2. The van der Waals surface area contributed by atoms with Crippen molar-refractivity contribution in [3.05, 3.63) is 65.7 Å². The SMILES string of the molecule is CCC(C)C(NC(=O)OC(C)(C)C)C(=O)N(C(C(=O)NC(Cc1ccccc1)C(=O)OC(C)(C)C)c1cccc(O)c1)C(C)(C)CC. The molecule has 2 rings (SSSR count). The summed E-state index contributed by atoms with van der Waals surface area (Å²) in [6, 6.07) is 12.0. The number of nitrogens with one attached hydrogen (secondary N) is 2. The number of phenols is 1. The molecule has 4 atom stereocenters. The second-order valence-electron chi connectivity index (χ2n) is 14.7. The first-order valence-electron chi connectivity index (χ1n) is 16.4. The average Bonchev–Trinajstić information content (AvgIpc) is 2.96. The molecule has 2 aromatic rings. The summed E-state index contributed by atoms with van der Waals surface area (Å²) >= 11 is 0. The van der Waals surface area contributed by atoms with E-state index in [0.717, 1.165) is 5.56 Å². The molecule has 0 aliphatic rings. The minimum absolute atomic E-state index is 0.0969. The summed E-state index contributed by atoms with van der Waals surface area (Å²) in [6.07, 6.45) is 0.389. The van der Waals surface area contributed by atoms with E-state index in [4.69, 9.17) is 9.47 Å². The van der Waals surface area contributed by atoms with Crippen LogP contribution in [0.4, 0.5) is 4.79 Å². The number of amides is 3. The third-order valence-electron chi connectivity index (χ3n) is 7.89. The van der Waals surface area contributed by atoms with Crippen LogP contribution in [0.2, 0.25) is 0 Å². The van der Waals surface area contributed by atoms with Gasteiger partial charge >= 0.3 is 12.1 Å². The van der Waals surface area contributed by atoms with Crippen molar-refractivity contribution < 1.29 is 33.8 Å². The third-order valence-corrected chi connectivity index (χ3v) is 7.89. The predicted octanol–water partition coefficient (Wildman–Crippen LogP) is 6.46. The molecule has 0 aliphatic carbocycles. The molecule has 0 fully saturated rings. The molecule has 10 nitrogen and oxygen atoms in total. The van der Waals surface area contributed by atoms with Crippen molar-refractivity contribution in [1.82, 2.24) is 15.5 Å². The lowest BCUT2D eigenvalue weighted by Gasteiger charge is -2.45. The van der Waals surface area contributed by atoms with Gasteiger partial charge in [0.1, 0.15) is 35.1 Å². The molecule has 0 spiro atoms. The van der Waals surface area contributed by atoms with Gasteiger partial charge in [0, 0.05) is 12.0 Å². The van der Waals surface area contributed by atoms with Crippen molar-refractivity contribution in [3.8, 4) is 5.75 Å². The van der Waals surface area contributed by atoms with E-state index in [-0.39, 0.29) is 18.1 Å². The van der Waals surface area contributed by atoms with Gasteiger partial charge in [-0.2, -0.15) is 0 Å². The van der Waals surface area contributed by atoms with Gasteiger partial charge in [0.15, 0.2) is 0 Å². The van der Waals surface area contributed by atoms with Crippen molar-refractivity contribution in [2.24, 2.45) is 5.92 Å². The second kappa shape index (κ2) is 16.2. The normalized spacial score (nSPS) is 14.6. The quantitative estimate of drug-likeness (QED) is 0.211. The highest BCUT2D eigenvalue weighted by Crippen LogP contribution is 2.34. The number of aromatic hydroxyl groups is 1. The summed E-state index contributed by atoms with van der Waals surface area (Å²) < 4.78 is 11.2. The maximum atomic E-state index is 14.8. The minimum Gasteiger partial charge on any atom is -0.508 e. The number of benzene rings is 2. The van der Waals surface area contributed by atoms with Crippen molar-refractivity contribution in [3.63, 3.8) is 0 Å². The van der Waals surface area contributed by atoms with E-state index >= 15 is 0 Å². The van der Waals surface area contributed by atoms with Crippen LogP contribution in [0.3, 0.4) is 0 Å². The molecule has 0 saturated heterocycles. The largest absolute Gasteiger partial charge is 0.508 e. The van der Waals surface area contributed by atoms with E-state index in [1.54, 1.807) is 53.7 Å². The van der Waals surface area contributed by atoms with Gasteiger partial charge in [-0.05, 0) is 91.0 Å². The van der Waals surface area contributed by atoms with Crippen molar-refractivity contribution in [2.75, 3.05) is 0 Å². The van der Waals surface area contributed by atoms with Crippen LogP contribution in [0, 0.1) is 5.92 Å².